The molecule has 3 rings (SSSR count). The van der Waals surface area contributed by atoms with E-state index in [1.807, 2.05) is 24.3 Å². The van der Waals surface area contributed by atoms with Gasteiger partial charge in [0.25, 0.3) is 0 Å². The number of hydrogen-bond acceptors (Lipinski definition) is 6. The molecule has 0 aliphatic carbocycles. The average molecular weight is 558 g/mol. The van der Waals surface area contributed by atoms with E-state index in [1.54, 1.807) is 27.6 Å². The Morgan fingerprint density at radius 2 is 1.78 bits per heavy atom. The lowest BCUT2D eigenvalue weighted by Gasteiger charge is -2.26. The molecule has 1 atom stereocenters. The molecule has 2 heterocycles. The maximum Gasteiger partial charge on any atom is 0.191 e. The van der Waals surface area contributed by atoms with Crippen molar-refractivity contribution in [2.45, 2.75) is 32.4 Å². The Bertz CT molecular complexity index is 814. The maximum absolute atomic E-state index is 5.73. The number of nitrogens with one attached hydrogen (secondary N) is 2. The molecule has 1 aliphatic rings. The van der Waals surface area contributed by atoms with Gasteiger partial charge >= 0.3 is 0 Å². The van der Waals surface area contributed by atoms with E-state index in [9.17, 15) is 0 Å². The molecule has 1 aromatic heterocycles. The van der Waals surface area contributed by atoms with Gasteiger partial charge in [0.15, 0.2) is 5.96 Å². The predicted octanol–water partition coefficient (Wildman–Crippen LogP) is 3.82. The van der Waals surface area contributed by atoms with Gasteiger partial charge in [-0.05, 0) is 45.0 Å². The summed E-state index contributed by atoms with van der Waals surface area (Å²) >= 11 is 0. The largest absolute Gasteiger partial charge is 0.496 e. The summed E-state index contributed by atoms with van der Waals surface area (Å²) < 4.78 is 22.2. The second kappa shape index (κ2) is 13.4. The summed E-state index contributed by atoms with van der Waals surface area (Å²) in [5, 5.41) is 6.81. The molecular weight excluding hydrogens is 523 g/mol. The molecule has 0 radical (unpaired) electrons. The molecule has 2 aromatic rings. The number of furan rings is 1. The fraction of sp³-hybridized carbons (Fsp3) is 0.522. The van der Waals surface area contributed by atoms with E-state index in [1.165, 1.54) is 12.8 Å². The van der Waals surface area contributed by atoms with E-state index in [4.69, 9.17) is 23.6 Å². The Morgan fingerprint density at radius 3 is 2.31 bits per heavy atom. The zero-order chi connectivity index (χ0) is 22.1. The van der Waals surface area contributed by atoms with Crippen molar-refractivity contribution in [1.82, 2.24) is 15.5 Å². The van der Waals surface area contributed by atoms with Crippen molar-refractivity contribution in [2.24, 2.45) is 4.99 Å². The normalized spacial score (nSPS) is 15.1. The Morgan fingerprint density at radius 1 is 1.09 bits per heavy atom. The van der Waals surface area contributed by atoms with Gasteiger partial charge in [-0.15, -0.1) is 24.0 Å². The van der Waals surface area contributed by atoms with E-state index in [0.29, 0.717) is 30.3 Å². The van der Waals surface area contributed by atoms with Crippen molar-refractivity contribution < 1.29 is 18.6 Å². The minimum absolute atomic E-state index is 0. The van der Waals surface area contributed by atoms with Crippen molar-refractivity contribution in [3.05, 3.63) is 41.9 Å². The first kappa shape index (κ1) is 26.1. The molecule has 0 bridgehead atoms. The first-order valence-corrected chi connectivity index (χ1v) is 10.8. The zero-order valence-corrected chi connectivity index (χ0v) is 21.7. The number of nitrogens with zero attached hydrogens (tertiary/aromatic N) is 2. The number of benzene rings is 1. The van der Waals surface area contributed by atoms with Crippen LogP contribution in [0.15, 0.2) is 39.9 Å². The van der Waals surface area contributed by atoms with Crippen LogP contribution in [0, 0.1) is 0 Å². The number of ether oxygens (including phenoxy) is 3. The second-order valence-electron chi connectivity index (χ2n) is 7.36. The van der Waals surface area contributed by atoms with Gasteiger partial charge in [0.05, 0.1) is 45.7 Å². The molecule has 2 N–H and O–H groups in total. The van der Waals surface area contributed by atoms with Crippen LogP contribution in [0.1, 0.15) is 37.1 Å². The van der Waals surface area contributed by atoms with Crippen LogP contribution < -0.4 is 24.8 Å². The molecule has 9 heteroatoms. The number of guanidine groups is 1. The minimum atomic E-state index is 0. The number of methoxy groups -OCH3 is 3. The summed E-state index contributed by atoms with van der Waals surface area (Å²) in [5.74, 6) is 3.75. The van der Waals surface area contributed by atoms with E-state index in [2.05, 4.69) is 22.5 Å². The van der Waals surface area contributed by atoms with E-state index < -0.39 is 0 Å². The van der Waals surface area contributed by atoms with Gasteiger partial charge in [0.2, 0.25) is 0 Å². The molecule has 178 valence electrons. The smallest absolute Gasteiger partial charge is 0.191 e. The summed E-state index contributed by atoms with van der Waals surface area (Å²) in [4.78, 5) is 7.24. The standard InChI is InChI=1S/C23H34N4O4.HI/c1-5-24-23(25-15-18-21(29-3)13-17(28-2)14-22(18)30-4)26-16-19(20-9-8-12-31-20)27-10-6-7-11-27;/h8-9,12-14,19H,5-7,10-11,15-16H2,1-4H3,(H2,24,25,26);1H. The van der Waals surface area contributed by atoms with Gasteiger partial charge in [0.1, 0.15) is 23.0 Å². The maximum atomic E-state index is 5.73. The van der Waals surface area contributed by atoms with Crippen molar-refractivity contribution >= 4 is 29.9 Å². The number of likely N-dealkylation sites (tertiary alicyclic amines) is 1. The highest BCUT2D eigenvalue weighted by Crippen LogP contribution is 2.34. The van der Waals surface area contributed by atoms with Crippen LogP contribution in [-0.4, -0.2) is 58.4 Å². The summed E-state index contributed by atoms with van der Waals surface area (Å²) in [7, 11) is 4.89. The quantitative estimate of drug-likeness (QED) is 0.261. The monoisotopic (exact) mass is 558 g/mol. The third-order valence-electron chi connectivity index (χ3n) is 5.47. The van der Waals surface area contributed by atoms with Crippen LogP contribution in [0.5, 0.6) is 17.2 Å². The number of hydrogen-bond donors (Lipinski definition) is 2. The van der Waals surface area contributed by atoms with Gasteiger partial charge in [-0.1, -0.05) is 0 Å². The zero-order valence-electron chi connectivity index (χ0n) is 19.3. The van der Waals surface area contributed by atoms with Crippen LogP contribution in [0.25, 0.3) is 0 Å². The molecule has 1 fully saturated rings. The van der Waals surface area contributed by atoms with Crippen LogP contribution in [0.3, 0.4) is 0 Å². The van der Waals surface area contributed by atoms with E-state index in [0.717, 1.165) is 36.9 Å². The molecule has 0 spiro atoms. The highest BCUT2D eigenvalue weighted by molar-refractivity contribution is 14.0. The van der Waals surface area contributed by atoms with Crippen molar-refractivity contribution in [3.63, 3.8) is 0 Å². The molecule has 1 saturated heterocycles. The van der Waals surface area contributed by atoms with Gasteiger partial charge in [-0.2, -0.15) is 0 Å². The number of rotatable bonds is 10. The van der Waals surface area contributed by atoms with Gasteiger partial charge in [0, 0.05) is 25.2 Å². The third kappa shape index (κ3) is 6.68. The first-order valence-electron chi connectivity index (χ1n) is 10.8. The van der Waals surface area contributed by atoms with Crippen molar-refractivity contribution in [1.29, 1.82) is 0 Å². The Labute approximate surface area is 207 Å². The Hall–Kier alpha value is -2.14. The number of halogens is 1. The van der Waals surface area contributed by atoms with E-state index >= 15 is 0 Å². The highest BCUT2D eigenvalue weighted by Gasteiger charge is 2.25. The highest BCUT2D eigenvalue weighted by atomic mass is 127. The molecule has 1 aromatic carbocycles. The summed E-state index contributed by atoms with van der Waals surface area (Å²) in [6, 6.07) is 7.84. The van der Waals surface area contributed by atoms with E-state index in [-0.39, 0.29) is 30.0 Å². The first-order chi connectivity index (χ1) is 15.2. The molecule has 32 heavy (non-hydrogen) atoms. The van der Waals surface area contributed by atoms with Crippen LogP contribution in [0.4, 0.5) is 0 Å². The molecule has 8 nitrogen and oxygen atoms in total. The van der Waals surface area contributed by atoms with Crippen LogP contribution in [-0.2, 0) is 6.54 Å². The van der Waals surface area contributed by atoms with Crippen LogP contribution in [0.2, 0.25) is 0 Å². The predicted molar refractivity (Wildman–Crippen MR) is 137 cm³/mol. The van der Waals surface area contributed by atoms with Crippen molar-refractivity contribution in [2.75, 3.05) is 47.5 Å². The van der Waals surface area contributed by atoms with Gasteiger partial charge in [-0.3, -0.25) is 4.90 Å². The molecular formula is C23H35IN4O4. The lowest BCUT2D eigenvalue weighted by Crippen LogP contribution is -2.42. The lowest BCUT2D eigenvalue weighted by atomic mass is 10.1. The van der Waals surface area contributed by atoms with Crippen LogP contribution >= 0.6 is 24.0 Å². The Balaban J connectivity index is 0.00000363. The minimum Gasteiger partial charge on any atom is -0.496 e. The summed E-state index contributed by atoms with van der Waals surface area (Å²) in [5.41, 5.74) is 0.866. The summed E-state index contributed by atoms with van der Waals surface area (Å²) in [6.45, 7) is 6.09. The fourth-order valence-corrected chi connectivity index (χ4v) is 3.87. The molecule has 0 amide bonds. The van der Waals surface area contributed by atoms with Crippen molar-refractivity contribution in [3.8, 4) is 17.2 Å². The molecule has 1 unspecified atom stereocenters. The lowest BCUT2D eigenvalue weighted by molar-refractivity contribution is 0.215. The summed E-state index contributed by atoms with van der Waals surface area (Å²) in [6.07, 6.45) is 4.19. The average Bonchev–Trinajstić information content (AvgIpc) is 3.52. The molecule has 1 aliphatic heterocycles. The second-order valence-corrected chi connectivity index (χ2v) is 7.36. The van der Waals surface area contributed by atoms with Gasteiger partial charge < -0.3 is 29.3 Å². The number of aliphatic imine (C=N–C) groups is 1. The Kier molecular flexibility index (Phi) is 10.9. The topological polar surface area (TPSA) is 80.5 Å². The molecule has 0 saturated carbocycles. The fourth-order valence-electron chi connectivity index (χ4n) is 3.87. The third-order valence-corrected chi connectivity index (χ3v) is 5.47. The van der Waals surface area contributed by atoms with Gasteiger partial charge in [-0.25, -0.2) is 4.99 Å². The SMILES string of the molecule is CCNC(=NCc1c(OC)cc(OC)cc1OC)NCC(c1ccco1)N1CCCC1.I.